The Hall–Kier alpha value is -2.58. The standard InChI is InChI=1S/C14H21FN2O.C13H19FN2O/c15-13-11-12(16)5-6-14(13)18-10-4-9-17-7-2-1-3-8-17;1-16-6-2-3-10(8-16)9-17-13-5-4-11(15)7-12(13)14/h5-6,11H,1-4,7-10,16H2;4-5,7,10H,2-3,6,8-9,15H2,1H3. The Kier molecular flexibility index (Phi) is 10.9. The molecule has 2 fully saturated rings. The van der Waals surface area contributed by atoms with E-state index in [-0.39, 0.29) is 11.6 Å². The Bertz CT molecular complexity index is 909. The van der Waals surface area contributed by atoms with Crippen LogP contribution in [0.5, 0.6) is 11.5 Å². The first kappa shape index (κ1) is 27.0. The third kappa shape index (κ3) is 9.53. The number of anilines is 2. The second-order valence-corrected chi connectivity index (χ2v) is 9.57. The maximum absolute atomic E-state index is 13.5. The zero-order chi connectivity index (χ0) is 25.0. The van der Waals surface area contributed by atoms with Gasteiger partial charge in [0.15, 0.2) is 23.1 Å². The van der Waals surface area contributed by atoms with Crippen LogP contribution in [-0.2, 0) is 0 Å². The molecule has 6 nitrogen and oxygen atoms in total. The van der Waals surface area contributed by atoms with E-state index in [0.717, 1.165) is 32.5 Å². The van der Waals surface area contributed by atoms with Crippen molar-refractivity contribution in [2.75, 3.05) is 64.5 Å². The van der Waals surface area contributed by atoms with E-state index < -0.39 is 0 Å². The number of benzene rings is 2. The highest BCUT2D eigenvalue weighted by Gasteiger charge is 2.18. The summed E-state index contributed by atoms with van der Waals surface area (Å²) in [7, 11) is 2.11. The molecule has 2 aliphatic rings. The molecule has 2 aromatic carbocycles. The molecule has 0 radical (unpaired) electrons. The van der Waals surface area contributed by atoms with Gasteiger partial charge in [0.2, 0.25) is 0 Å². The molecule has 1 atom stereocenters. The van der Waals surface area contributed by atoms with Gasteiger partial charge < -0.3 is 30.7 Å². The van der Waals surface area contributed by atoms with Gasteiger partial charge in [0.25, 0.3) is 0 Å². The summed E-state index contributed by atoms with van der Waals surface area (Å²) < 4.78 is 37.8. The molecule has 0 aliphatic carbocycles. The Morgan fingerprint density at radius 1 is 0.857 bits per heavy atom. The Morgan fingerprint density at radius 2 is 1.49 bits per heavy atom. The molecule has 0 aromatic heterocycles. The van der Waals surface area contributed by atoms with E-state index in [4.69, 9.17) is 20.9 Å². The molecule has 4 N–H and O–H groups in total. The van der Waals surface area contributed by atoms with Crippen molar-refractivity contribution in [3.8, 4) is 11.5 Å². The third-order valence-electron chi connectivity index (χ3n) is 6.43. The molecule has 2 saturated heterocycles. The van der Waals surface area contributed by atoms with Crippen LogP contribution in [0, 0.1) is 17.6 Å². The van der Waals surface area contributed by atoms with Gasteiger partial charge in [0, 0.05) is 42.5 Å². The van der Waals surface area contributed by atoms with Crippen molar-refractivity contribution >= 4 is 11.4 Å². The van der Waals surface area contributed by atoms with Gasteiger partial charge in [0.05, 0.1) is 13.2 Å². The third-order valence-corrected chi connectivity index (χ3v) is 6.43. The van der Waals surface area contributed by atoms with E-state index in [1.807, 2.05) is 0 Å². The van der Waals surface area contributed by atoms with Crippen molar-refractivity contribution < 1.29 is 18.3 Å². The highest BCUT2D eigenvalue weighted by Crippen LogP contribution is 2.22. The average molecular weight is 491 g/mol. The van der Waals surface area contributed by atoms with Crippen LogP contribution < -0.4 is 20.9 Å². The molecule has 0 saturated carbocycles. The van der Waals surface area contributed by atoms with Crippen LogP contribution in [0.1, 0.15) is 38.5 Å². The number of nitrogens with zero attached hydrogens (tertiary/aromatic N) is 2. The lowest BCUT2D eigenvalue weighted by Crippen LogP contribution is -2.34. The van der Waals surface area contributed by atoms with E-state index in [1.165, 1.54) is 50.9 Å². The number of halogens is 2. The van der Waals surface area contributed by atoms with Crippen molar-refractivity contribution in [3.63, 3.8) is 0 Å². The van der Waals surface area contributed by atoms with Gasteiger partial charge in [-0.05, 0) is 83.1 Å². The second kappa shape index (κ2) is 14.1. The van der Waals surface area contributed by atoms with Gasteiger partial charge in [0.1, 0.15) is 0 Å². The summed E-state index contributed by atoms with van der Waals surface area (Å²) in [5.41, 5.74) is 11.8. The lowest BCUT2D eigenvalue weighted by Gasteiger charge is -2.29. The highest BCUT2D eigenvalue weighted by atomic mass is 19.1. The van der Waals surface area contributed by atoms with Gasteiger partial charge in [-0.15, -0.1) is 0 Å². The molecule has 2 aromatic rings. The predicted molar refractivity (Wildman–Crippen MR) is 138 cm³/mol. The molecule has 1 unspecified atom stereocenters. The lowest BCUT2D eigenvalue weighted by molar-refractivity contribution is 0.147. The molecule has 0 amide bonds. The Balaban J connectivity index is 0.000000196. The summed E-state index contributed by atoms with van der Waals surface area (Å²) in [6, 6.07) is 9.08. The Labute approximate surface area is 208 Å². The van der Waals surface area contributed by atoms with E-state index >= 15 is 0 Å². The quantitative estimate of drug-likeness (QED) is 0.409. The number of nitrogens with two attached hydrogens (primary N) is 2. The molecule has 0 bridgehead atoms. The lowest BCUT2D eigenvalue weighted by atomic mass is 10.00. The largest absolute Gasteiger partial charge is 0.490 e. The number of piperidine rings is 2. The number of likely N-dealkylation sites (tertiary alicyclic amines) is 2. The molecular formula is C27H40F2N4O2. The van der Waals surface area contributed by atoms with E-state index in [9.17, 15) is 8.78 Å². The molecule has 4 rings (SSSR count). The molecule has 8 heteroatoms. The zero-order valence-corrected chi connectivity index (χ0v) is 20.9. The predicted octanol–water partition coefficient (Wildman–Crippen LogP) is 4.79. The van der Waals surface area contributed by atoms with Crippen molar-refractivity contribution in [3.05, 3.63) is 48.0 Å². The van der Waals surface area contributed by atoms with Crippen molar-refractivity contribution in [2.45, 2.75) is 38.5 Å². The number of rotatable bonds is 8. The van der Waals surface area contributed by atoms with Crippen LogP contribution in [0.2, 0.25) is 0 Å². The van der Waals surface area contributed by atoms with E-state index in [2.05, 4.69) is 16.8 Å². The molecular weight excluding hydrogens is 450 g/mol. The Morgan fingerprint density at radius 3 is 2.09 bits per heavy atom. The number of hydrogen-bond donors (Lipinski definition) is 2. The first-order valence-corrected chi connectivity index (χ1v) is 12.7. The van der Waals surface area contributed by atoms with Crippen molar-refractivity contribution in [2.24, 2.45) is 5.92 Å². The normalized spacial score (nSPS) is 19.0. The number of hydrogen-bond acceptors (Lipinski definition) is 6. The van der Waals surface area contributed by atoms with Crippen molar-refractivity contribution in [1.29, 1.82) is 0 Å². The summed E-state index contributed by atoms with van der Waals surface area (Å²) in [5.74, 6) is 0.322. The minimum absolute atomic E-state index is 0.294. The molecule has 2 heterocycles. The fourth-order valence-electron chi connectivity index (χ4n) is 4.54. The monoisotopic (exact) mass is 490 g/mol. The van der Waals surface area contributed by atoms with Crippen LogP contribution in [0.15, 0.2) is 36.4 Å². The van der Waals surface area contributed by atoms with Crippen LogP contribution in [-0.4, -0.2) is 62.8 Å². The minimum Gasteiger partial charge on any atom is -0.490 e. The highest BCUT2D eigenvalue weighted by molar-refractivity contribution is 5.43. The zero-order valence-electron chi connectivity index (χ0n) is 20.9. The summed E-state index contributed by atoms with van der Waals surface area (Å²) in [4.78, 5) is 4.74. The van der Waals surface area contributed by atoms with Crippen LogP contribution in [0.3, 0.4) is 0 Å². The second-order valence-electron chi connectivity index (χ2n) is 9.57. The van der Waals surface area contributed by atoms with Gasteiger partial charge in [-0.2, -0.15) is 0 Å². The van der Waals surface area contributed by atoms with Crippen LogP contribution >= 0.6 is 0 Å². The van der Waals surface area contributed by atoms with E-state index in [0.29, 0.717) is 42.0 Å². The fraction of sp³-hybridized carbons (Fsp3) is 0.556. The van der Waals surface area contributed by atoms with Gasteiger partial charge >= 0.3 is 0 Å². The van der Waals surface area contributed by atoms with Gasteiger partial charge in [-0.3, -0.25) is 0 Å². The maximum Gasteiger partial charge on any atom is 0.167 e. The maximum atomic E-state index is 13.5. The topological polar surface area (TPSA) is 77.0 Å². The number of nitrogen functional groups attached to an aromatic ring is 2. The number of ether oxygens (including phenoxy) is 2. The summed E-state index contributed by atoms with van der Waals surface area (Å²) in [6.45, 7) is 6.72. The molecule has 35 heavy (non-hydrogen) atoms. The van der Waals surface area contributed by atoms with Gasteiger partial charge in [-0.25, -0.2) is 8.78 Å². The molecule has 194 valence electrons. The first-order valence-electron chi connectivity index (χ1n) is 12.7. The summed E-state index contributed by atoms with van der Waals surface area (Å²) >= 11 is 0. The molecule has 0 spiro atoms. The fourth-order valence-corrected chi connectivity index (χ4v) is 4.54. The van der Waals surface area contributed by atoms with Crippen LogP contribution in [0.4, 0.5) is 20.2 Å². The van der Waals surface area contributed by atoms with Crippen molar-refractivity contribution in [1.82, 2.24) is 9.80 Å². The van der Waals surface area contributed by atoms with Crippen LogP contribution in [0.25, 0.3) is 0 Å². The SMILES string of the molecule is CN1CCCC(COc2ccc(N)cc2F)C1.Nc1ccc(OCCCN2CCCCC2)c(F)c1. The molecule has 2 aliphatic heterocycles. The smallest absolute Gasteiger partial charge is 0.167 e. The minimum atomic E-state index is -0.382. The summed E-state index contributed by atoms with van der Waals surface area (Å²) in [5, 5.41) is 0. The first-order chi connectivity index (χ1) is 16.9. The summed E-state index contributed by atoms with van der Waals surface area (Å²) in [6.07, 6.45) is 7.23. The van der Waals surface area contributed by atoms with Gasteiger partial charge in [-0.1, -0.05) is 6.42 Å². The average Bonchev–Trinajstić information content (AvgIpc) is 2.84. The van der Waals surface area contributed by atoms with E-state index in [1.54, 1.807) is 24.3 Å².